The Labute approximate surface area is 116 Å². The Morgan fingerprint density at radius 2 is 2.20 bits per heavy atom. The number of carbonyl (C=O) groups excluding carboxylic acids is 2. The molecule has 0 atom stereocenters. The van der Waals surface area contributed by atoms with E-state index in [4.69, 9.17) is 0 Å². The van der Waals surface area contributed by atoms with E-state index in [0.29, 0.717) is 12.2 Å². The van der Waals surface area contributed by atoms with Crippen molar-refractivity contribution in [2.45, 2.75) is 13.8 Å². The molecule has 0 aliphatic carbocycles. The van der Waals surface area contributed by atoms with E-state index in [1.165, 1.54) is 11.2 Å². The third-order valence-corrected chi connectivity index (χ3v) is 2.72. The van der Waals surface area contributed by atoms with Crippen molar-refractivity contribution >= 4 is 23.5 Å². The van der Waals surface area contributed by atoms with Crippen LogP contribution >= 0.6 is 0 Å². The summed E-state index contributed by atoms with van der Waals surface area (Å²) in [4.78, 5) is 29.2. The largest absolute Gasteiger partial charge is 0.316 e. The maximum atomic E-state index is 12.2. The molecule has 104 valence electrons. The maximum absolute atomic E-state index is 12.2. The minimum atomic E-state index is -0.759. The molecule has 2 rings (SSSR count). The molecule has 20 heavy (non-hydrogen) atoms. The average Bonchev–Trinajstić information content (AvgIpc) is 2.92. The van der Waals surface area contributed by atoms with Crippen LogP contribution in [0.25, 0.3) is 0 Å². The van der Waals surface area contributed by atoms with Crippen LogP contribution in [0.4, 0.5) is 11.6 Å². The summed E-state index contributed by atoms with van der Waals surface area (Å²) in [6.45, 7) is 4.13. The maximum Gasteiger partial charge on any atom is 0.316 e. The number of hydrogen-bond acceptors (Lipinski definition) is 4. The summed E-state index contributed by atoms with van der Waals surface area (Å²) in [6, 6.07) is 7.41. The molecule has 1 heterocycles. The van der Waals surface area contributed by atoms with Gasteiger partial charge in [-0.25, -0.2) is 5.10 Å². The van der Waals surface area contributed by atoms with Crippen molar-refractivity contribution in [2.75, 3.05) is 16.8 Å². The van der Waals surface area contributed by atoms with E-state index in [9.17, 15) is 9.59 Å². The number of carbonyl (C=O) groups is 2. The van der Waals surface area contributed by atoms with E-state index < -0.39 is 11.8 Å². The van der Waals surface area contributed by atoms with Crippen LogP contribution < -0.4 is 10.2 Å². The first-order valence-corrected chi connectivity index (χ1v) is 6.16. The molecule has 0 spiro atoms. The average molecular weight is 273 g/mol. The second-order valence-electron chi connectivity index (χ2n) is 4.18. The summed E-state index contributed by atoms with van der Waals surface area (Å²) >= 11 is 0. The number of rotatable bonds is 3. The molecule has 2 N–H and O–H groups in total. The van der Waals surface area contributed by atoms with Gasteiger partial charge in [-0.3, -0.25) is 14.9 Å². The van der Waals surface area contributed by atoms with Gasteiger partial charge in [-0.2, -0.15) is 10.1 Å². The minimum Gasteiger partial charge on any atom is -0.304 e. The Kier molecular flexibility index (Phi) is 4.09. The Bertz CT molecular complexity index is 609. The zero-order valence-electron chi connectivity index (χ0n) is 11.3. The fraction of sp³-hybridized carbons (Fsp3) is 0.231. The zero-order valence-corrected chi connectivity index (χ0v) is 11.3. The fourth-order valence-electron chi connectivity index (χ4n) is 1.79. The van der Waals surface area contributed by atoms with Gasteiger partial charge in [-0.15, -0.1) is 0 Å². The van der Waals surface area contributed by atoms with E-state index in [1.807, 2.05) is 32.0 Å². The van der Waals surface area contributed by atoms with Crippen molar-refractivity contribution in [3.05, 3.63) is 36.2 Å². The first-order valence-electron chi connectivity index (χ1n) is 6.16. The van der Waals surface area contributed by atoms with Gasteiger partial charge in [0.1, 0.15) is 6.33 Å². The van der Waals surface area contributed by atoms with E-state index >= 15 is 0 Å². The van der Waals surface area contributed by atoms with E-state index in [1.54, 1.807) is 6.07 Å². The van der Waals surface area contributed by atoms with E-state index in [2.05, 4.69) is 20.5 Å². The second-order valence-corrected chi connectivity index (χ2v) is 4.18. The van der Waals surface area contributed by atoms with Gasteiger partial charge in [0.2, 0.25) is 5.95 Å². The summed E-state index contributed by atoms with van der Waals surface area (Å²) < 4.78 is 0. The number of nitrogens with one attached hydrogen (secondary N) is 2. The lowest BCUT2D eigenvalue weighted by Crippen LogP contribution is -2.40. The van der Waals surface area contributed by atoms with Gasteiger partial charge in [0, 0.05) is 12.2 Å². The molecular formula is C13H15N5O2. The predicted molar refractivity (Wildman–Crippen MR) is 74.2 cm³/mol. The highest BCUT2D eigenvalue weighted by Crippen LogP contribution is 2.16. The molecule has 0 unspecified atom stereocenters. The topological polar surface area (TPSA) is 91.0 Å². The Morgan fingerprint density at radius 3 is 2.80 bits per heavy atom. The first kappa shape index (κ1) is 13.7. The lowest BCUT2D eigenvalue weighted by atomic mass is 10.2. The van der Waals surface area contributed by atoms with Crippen molar-refractivity contribution in [3.63, 3.8) is 0 Å². The number of nitrogens with zero attached hydrogens (tertiary/aromatic N) is 3. The molecule has 7 nitrogen and oxygen atoms in total. The van der Waals surface area contributed by atoms with Crippen LogP contribution in [0.1, 0.15) is 12.5 Å². The van der Waals surface area contributed by atoms with Gasteiger partial charge in [0.05, 0.1) is 0 Å². The minimum absolute atomic E-state index is 0.142. The molecular weight excluding hydrogens is 258 g/mol. The predicted octanol–water partition coefficient (Wildman–Crippen LogP) is 1.10. The molecule has 0 saturated carbocycles. The quantitative estimate of drug-likeness (QED) is 0.819. The molecule has 2 aromatic rings. The normalized spacial score (nSPS) is 10.1. The van der Waals surface area contributed by atoms with Crippen LogP contribution in [-0.2, 0) is 9.59 Å². The van der Waals surface area contributed by atoms with E-state index in [0.717, 1.165) is 5.56 Å². The Morgan fingerprint density at radius 1 is 1.40 bits per heavy atom. The Balaban J connectivity index is 2.14. The Hall–Kier alpha value is -2.70. The van der Waals surface area contributed by atoms with Crippen LogP contribution in [-0.4, -0.2) is 33.5 Å². The molecule has 0 fully saturated rings. The molecule has 2 amide bonds. The van der Waals surface area contributed by atoms with Crippen molar-refractivity contribution in [1.82, 2.24) is 15.2 Å². The fourth-order valence-corrected chi connectivity index (χ4v) is 1.79. The zero-order chi connectivity index (χ0) is 14.5. The lowest BCUT2D eigenvalue weighted by Gasteiger charge is -2.20. The van der Waals surface area contributed by atoms with Crippen molar-refractivity contribution < 1.29 is 9.59 Å². The van der Waals surface area contributed by atoms with Crippen LogP contribution in [0.5, 0.6) is 0 Å². The summed E-state index contributed by atoms with van der Waals surface area (Å²) in [5.41, 5.74) is 1.70. The molecule has 1 aromatic carbocycles. The van der Waals surface area contributed by atoms with Crippen LogP contribution in [0.15, 0.2) is 30.6 Å². The van der Waals surface area contributed by atoms with Gasteiger partial charge in [0.15, 0.2) is 0 Å². The number of anilines is 2. The number of aromatic nitrogens is 3. The third kappa shape index (κ3) is 3.00. The van der Waals surface area contributed by atoms with Gasteiger partial charge < -0.3 is 4.90 Å². The summed E-state index contributed by atoms with van der Waals surface area (Å²) in [6.07, 6.45) is 1.25. The molecule has 1 aromatic heterocycles. The molecule has 0 radical (unpaired) electrons. The van der Waals surface area contributed by atoms with Gasteiger partial charge in [0.25, 0.3) is 0 Å². The summed E-state index contributed by atoms with van der Waals surface area (Å²) in [5, 5.41) is 8.42. The number of likely N-dealkylation sites (N-methyl/N-ethyl adjacent to an activating group) is 1. The van der Waals surface area contributed by atoms with Gasteiger partial charge in [-0.1, -0.05) is 12.1 Å². The number of benzene rings is 1. The van der Waals surface area contributed by atoms with Crippen molar-refractivity contribution in [3.8, 4) is 0 Å². The first-order chi connectivity index (χ1) is 9.61. The van der Waals surface area contributed by atoms with Crippen LogP contribution in [0.3, 0.4) is 0 Å². The number of H-pyrrole nitrogens is 1. The number of aryl methyl sites for hydroxylation is 1. The van der Waals surface area contributed by atoms with Crippen LogP contribution in [0, 0.1) is 6.92 Å². The van der Waals surface area contributed by atoms with Gasteiger partial charge in [-0.05, 0) is 31.5 Å². The SMILES string of the molecule is CCN(C(=O)C(=O)Nc1ncn[nH]1)c1cccc(C)c1. The molecule has 0 aliphatic rings. The van der Waals surface area contributed by atoms with Gasteiger partial charge >= 0.3 is 11.8 Å². The molecule has 0 saturated heterocycles. The molecule has 7 heteroatoms. The second kappa shape index (κ2) is 5.96. The number of amides is 2. The standard InChI is InChI=1S/C13H15N5O2/c1-3-18(10-6-4-5-9(2)7-10)12(20)11(19)16-13-14-8-15-17-13/h4-8H,3H2,1-2H3,(H2,14,15,16,17,19). The summed E-state index contributed by atoms with van der Waals surface area (Å²) in [7, 11) is 0. The number of aromatic amines is 1. The van der Waals surface area contributed by atoms with Crippen LogP contribution in [0.2, 0.25) is 0 Å². The van der Waals surface area contributed by atoms with Crippen molar-refractivity contribution in [1.29, 1.82) is 0 Å². The number of hydrogen-bond donors (Lipinski definition) is 2. The monoisotopic (exact) mass is 273 g/mol. The summed E-state index contributed by atoms with van der Waals surface area (Å²) in [5.74, 6) is -1.26. The highest BCUT2D eigenvalue weighted by molar-refractivity contribution is 6.44. The highest BCUT2D eigenvalue weighted by atomic mass is 16.2. The smallest absolute Gasteiger partial charge is 0.304 e. The molecule has 0 aliphatic heterocycles. The van der Waals surface area contributed by atoms with Crippen molar-refractivity contribution in [2.24, 2.45) is 0 Å². The third-order valence-electron chi connectivity index (χ3n) is 2.72. The van der Waals surface area contributed by atoms with E-state index in [-0.39, 0.29) is 5.95 Å². The highest BCUT2D eigenvalue weighted by Gasteiger charge is 2.22. The molecule has 0 bridgehead atoms. The lowest BCUT2D eigenvalue weighted by molar-refractivity contribution is -0.134.